The molecule has 24 nitrogen and oxygen atoms in total. The molecule has 0 aromatic carbocycles. The zero-order chi connectivity index (χ0) is 30.9. The normalized spacial score (nSPS) is 4.89. The van der Waals surface area contributed by atoms with E-state index in [2.05, 4.69) is 0 Å². The quantitative estimate of drug-likeness (QED) is 0.160. The molecule has 0 radical (unpaired) electrons. The Morgan fingerprint density at radius 3 is 0.148 bits per heavy atom. The third kappa shape index (κ3) is 207. The smallest absolute Gasteiger partial charge is 0.543 e. The first-order chi connectivity index (χ1) is 15.9. The second kappa shape index (κ2) is 113. The molecule has 0 amide bonds. The first-order valence-electron chi connectivity index (χ1n) is 6.40. The van der Waals surface area contributed by atoms with Crippen LogP contribution in [0.1, 0.15) is 0 Å². The minimum atomic E-state index is -2.19. The van der Waals surface area contributed by atoms with Crippen molar-refractivity contribution in [3.8, 4) is 0 Å². The van der Waals surface area contributed by atoms with Crippen molar-refractivity contribution in [2.45, 2.75) is 0 Å². The molecule has 0 aliphatic rings. The summed E-state index contributed by atoms with van der Waals surface area (Å²) in [6.45, 7) is 0. The van der Waals surface area contributed by atoms with E-state index < -0.39 is 71.6 Å². The van der Waals surface area contributed by atoms with E-state index in [1.54, 1.807) is 0 Å². The maximum atomic E-state index is 8.93. The zero-order valence-electron chi connectivity index (χ0n) is 23.8. The third-order valence-electron chi connectivity index (χ3n) is 1.000. The van der Waals surface area contributed by atoms with Gasteiger partial charge in [0.1, 0.15) is 0 Å². The van der Waals surface area contributed by atoms with Gasteiger partial charge < -0.3 is 119 Å². The predicted molar refractivity (Wildman–Crippen MR) is 60.1 cm³/mol. The summed E-state index contributed by atoms with van der Waals surface area (Å²) in [5.41, 5.74) is 0. The van der Waals surface area contributed by atoms with Gasteiger partial charge in [0.2, 0.25) is 0 Å². The molecule has 0 unspecified atom stereocenters. The summed E-state index contributed by atoms with van der Waals surface area (Å²) in [5.74, 6) is -26.2. The van der Waals surface area contributed by atoms with Gasteiger partial charge in [0, 0.05) is 0 Å². The van der Waals surface area contributed by atoms with Gasteiger partial charge in [-0.3, -0.25) is 0 Å². The number of hydrogen-bond donors (Lipinski definition) is 0. The molecule has 0 spiro atoms. The second-order valence-corrected chi connectivity index (χ2v) is 3.45. The molecule has 0 N–H and O–H groups in total. The maximum Gasteiger partial charge on any atom is 5.00 e. The molecule has 42 heteroatoms. The Bertz CT molecular complexity index is 665. The van der Waals surface area contributed by atoms with Crippen LogP contribution in [-0.2, 0) is 460 Å². The van der Waals surface area contributed by atoms with Crippen molar-refractivity contribution in [3.63, 3.8) is 0 Å². The molecular formula is C12Nb18O24+78. The van der Waals surface area contributed by atoms with Gasteiger partial charge in [0.05, 0.1) is 71.6 Å². The minimum absolute atomic E-state index is 0. The summed E-state index contributed by atoms with van der Waals surface area (Å²) >= 11 is 0. The van der Waals surface area contributed by atoms with Gasteiger partial charge in [-0.1, -0.05) is 0 Å². The third-order valence-corrected chi connectivity index (χ3v) is 1.000. The van der Waals surface area contributed by atoms with Crippen molar-refractivity contribution in [3.05, 3.63) is 0 Å². The van der Waals surface area contributed by atoms with E-state index in [1.165, 1.54) is 0 Å². The number of rotatable bonds is 0. The zero-order valence-corrected chi connectivity index (χ0v) is 63.4. The Morgan fingerprint density at radius 1 is 0.130 bits per heavy atom. The van der Waals surface area contributed by atoms with Crippen LogP contribution in [0.4, 0.5) is 0 Å². The molecule has 54 heavy (non-hydrogen) atoms. The van der Waals surface area contributed by atoms with Crippen LogP contribution in [0.25, 0.3) is 0 Å². The van der Waals surface area contributed by atoms with Crippen molar-refractivity contribution >= 4 is 71.6 Å². The number of carboxylic acids is 12. The van der Waals surface area contributed by atoms with Crippen LogP contribution in [-0.4, -0.2) is 71.6 Å². The van der Waals surface area contributed by atoms with E-state index in [9.17, 15) is 0 Å². The van der Waals surface area contributed by atoms with Crippen LogP contribution in [0.2, 0.25) is 0 Å². The van der Waals surface area contributed by atoms with Crippen molar-refractivity contribution in [1.82, 2.24) is 0 Å². The molecular weight excluding hydrogens is 2200 g/mol. The SMILES string of the molecule is O=C([O-])C(=O)[O-].O=C([O-])C(=O)[O-].O=C([O-])C(=O)[O-].O=C([O-])C(=O)[O-].O=C([O-])C(=O)[O-].O=C([O-])C(=O)[O-].[Nb+5].[Nb+5].[Nb+5].[Nb+5].[Nb+5].[Nb+5].[Nb+5].[Nb+5].[Nb+5].[Nb+5].[Nb+5].[Nb+5].[Nb+5].[Nb+5].[Nb+5].[Nb+5].[Nb+5].[Nb+5]. The van der Waals surface area contributed by atoms with Crippen molar-refractivity contribution < 1.29 is 522 Å². The summed E-state index contributed by atoms with van der Waals surface area (Å²) in [4.78, 5) is 107. The molecule has 0 aliphatic heterocycles. The van der Waals surface area contributed by atoms with Gasteiger partial charge in [0.15, 0.2) is 0 Å². The average Bonchev–Trinajstić information content (AvgIpc) is 2.69. The summed E-state index contributed by atoms with van der Waals surface area (Å²) in [7, 11) is 0. The number of carbonyl (C=O) groups is 12. The molecule has 204 valence electrons. The fourth-order valence-electron chi connectivity index (χ4n) is 0. The second-order valence-electron chi connectivity index (χ2n) is 3.45. The van der Waals surface area contributed by atoms with Crippen LogP contribution >= 0.6 is 0 Å². The molecule has 0 rings (SSSR count). The number of carboxylic acid groups (broad SMARTS) is 12. The van der Waals surface area contributed by atoms with E-state index in [4.69, 9.17) is 119 Å². The van der Waals surface area contributed by atoms with Gasteiger partial charge in [-0.25, -0.2) is 0 Å². The van der Waals surface area contributed by atoms with Gasteiger partial charge >= 0.3 is 403 Å². The van der Waals surface area contributed by atoms with Crippen LogP contribution < -0.4 is 61.3 Å². The molecule has 0 fully saturated rings. The van der Waals surface area contributed by atoms with Gasteiger partial charge in [-0.15, -0.1) is 0 Å². The fraction of sp³-hybridized carbons (Fsp3) is 0. The van der Waals surface area contributed by atoms with E-state index in [1.807, 2.05) is 0 Å². The fourth-order valence-corrected chi connectivity index (χ4v) is 0. The first-order valence-corrected chi connectivity index (χ1v) is 6.40. The van der Waals surface area contributed by atoms with Crippen LogP contribution in [0.15, 0.2) is 0 Å². The largest absolute Gasteiger partial charge is 5.00 e. The Kier molecular flexibility index (Phi) is 336. The summed E-state index contributed by atoms with van der Waals surface area (Å²) < 4.78 is 0. The van der Waals surface area contributed by atoms with Gasteiger partial charge in [-0.2, -0.15) is 0 Å². The van der Waals surface area contributed by atoms with E-state index in [0.29, 0.717) is 0 Å². The number of carbonyl (C=O) groups excluding carboxylic acids is 12. The summed E-state index contributed by atoms with van der Waals surface area (Å²) in [6, 6.07) is 0. The molecule has 0 atom stereocenters. The first kappa shape index (κ1) is 160. The minimum Gasteiger partial charge on any atom is -0.543 e. The molecule has 0 aromatic rings. The standard InChI is InChI=1S/6C2H2O4.18Nb/c6*3-1(4)2(5)6;;;;;;;;;;;;;;;;;;/h6*(H,3,4)(H,5,6);;;;;;;;;;;;;;;;;;/q;;;;;;18*+5/p-12. The summed E-state index contributed by atoms with van der Waals surface area (Å²) in [6.07, 6.45) is 0. The maximum absolute atomic E-state index is 8.93. The number of hydrogen-bond acceptors (Lipinski definition) is 24. The topological polar surface area (TPSA) is 482 Å². The van der Waals surface area contributed by atoms with Gasteiger partial charge in [0.25, 0.3) is 0 Å². The Hall–Kier alpha value is 6.96. The predicted octanol–water partition coefficient (Wildman–Crippen LogP) is -21.1. The van der Waals surface area contributed by atoms with Gasteiger partial charge in [-0.05, 0) is 0 Å². The average molecular weight is 2200 g/mol. The summed E-state index contributed by atoms with van der Waals surface area (Å²) in [5, 5.41) is 107. The van der Waals surface area contributed by atoms with E-state index >= 15 is 0 Å². The van der Waals surface area contributed by atoms with E-state index in [0.717, 1.165) is 0 Å². The Balaban J connectivity index is -0.00000000852. The molecule has 0 saturated heterocycles. The molecule has 0 saturated carbocycles. The molecule has 0 bridgehead atoms. The Morgan fingerprint density at radius 2 is 0.148 bits per heavy atom. The van der Waals surface area contributed by atoms with Crippen LogP contribution in [0, 0.1) is 0 Å². The van der Waals surface area contributed by atoms with E-state index in [-0.39, 0.29) is 403 Å². The van der Waals surface area contributed by atoms with Crippen LogP contribution in [0.3, 0.4) is 0 Å². The van der Waals surface area contributed by atoms with Crippen molar-refractivity contribution in [1.29, 1.82) is 0 Å². The molecule has 0 heterocycles. The Labute approximate surface area is 581 Å². The molecule has 0 aromatic heterocycles. The molecule has 0 aliphatic carbocycles. The number of aliphatic carboxylic acids is 12. The van der Waals surface area contributed by atoms with Crippen molar-refractivity contribution in [2.75, 3.05) is 0 Å². The van der Waals surface area contributed by atoms with Crippen LogP contribution in [0.5, 0.6) is 0 Å². The monoisotopic (exact) mass is 2200 g/mol. The van der Waals surface area contributed by atoms with Crippen molar-refractivity contribution in [2.24, 2.45) is 0 Å².